The normalized spacial score (nSPS) is 14.4. The van der Waals surface area contributed by atoms with Crippen molar-refractivity contribution in [3.05, 3.63) is 30.4 Å². The van der Waals surface area contributed by atoms with E-state index < -0.39 is 5.97 Å². The highest BCUT2D eigenvalue weighted by Crippen LogP contribution is 2.30. The highest BCUT2D eigenvalue weighted by Gasteiger charge is 2.22. The van der Waals surface area contributed by atoms with Crippen LogP contribution in [0.3, 0.4) is 0 Å². The van der Waals surface area contributed by atoms with E-state index in [0.29, 0.717) is 5.82 Å². The summed E-state index contributed by atoms with van der Waals surface area (Å²) in [5, 5.41) is 4.29. The molecule has 0 atom stereocenters. The zero-order valence-corrected chi connectivity index (χ0v) is 10.6. The Morgan fingerprint density at radius 3 is 3.11 bits per heavy atom. The standard InChI is InChI=1S/C13H14N4O2/c1-19-13(18)11-4-5-14-12(16-11)10-6-15-17(8-10)7-9-2-3-9/h4-6,8-9H,2-3,7H2,1H3. The van der Waals surface area contributed by atoms with Gasteiger partial charge in [-0.05, 0) is 24.8 Å². The van der Waals surface area contributed by atoms with Crippen LogP contribution in [0.4, 0.5) is 0 Å². The van der Waals surface area contributed by atoms with Gasteiger partial charge in [0.15, 0.2) is 11.5 Å². The van der Waals surface area contributed by atoms with Gasteiger partial charge in [0.05, 0.1) is 18.9 Å². The van der Waals surface area contributed by atoms with Gasteiger partial charge in [-0.3, -0.25) is 4.68 Å². The van der Waals surface area contributed by atoms with Gasteiger partial charge in [-0.15, -0.1) is 0 Å². The molecule has 0 radical (unpaired) electrons. The maximum Gasteiger partial charge on any atom is 0.356 e. The molecular formula is C13H14N4O2. The fourth-order valence-electron chi connectivity index (χ4n) is 1.86. The first kappa shape index (κ1) is 11.8. The second-order valence-electron chi connectivity index (χ2n) is 4.65. The molecule has 0 unspecified atom stereocenters. The van der Waals surface area contributed by atoms with Crippen molar-refractivity contribution in [3.63, 3.8) is 0 Å². The fraction of sp³-hybridized carbons (Fsp3) is 0.385. The Balaban J connectivity index is 1.84. The molecule has 1 saturated carbocycles. The summed E-state index contributed by atoms with van der Waals surface area (Å²) in [6.45, 7) is 0.941. The van der Waals surface area contributed by atoms with E-state index in [1.807, 2.05) is 10.9 Å². The quantitative estimate of drug-likeness (QED) is 0.778. The van der Waals surface area contributed by atoms with Crippen molar-refractivity contribution in [1.82, 2.24) is 19.7 Å². The Kier molecular flexibility index (Phi) is 2.98. The Morgan fingerprint density at radius 2 is 2.37 bits per heavy atom. The molecule has 0 N–H and O–H groups in total. The van der Waals surface area contributed by atoms with E-state index in [4.69, 9.17) is 0 Å². The maximum atomic E-state index is 11.4. The van der Waals surface area contributed by atoms with Crippen LogP contribution in [0.15, 0.2) is 24.7 Å². The number of aromatic nitrogens is 4. The summed E-state index contributed by atoms with van der Waals surface area (Å²) in [5.41, 5.74) is 1.06. The molecule has 2 aromatic heterocycles. The Morgan fingerprint density at radius 1 is 1.53 bits per heavy atom. The van der Waals surface area contributed by atoms with E-state index in [1.54, 1.807) is 12.4 Å². The lowest BCUT2D eigenvalue weighted by molar-refractivity contribution is 0.0594. The molecule has 0 amide bonds. The molecular weight excluding hydrogens is 244 g/mol. The van der Waals surface area contributed by atoms with E-state index in [-0.39, 0.29) is 5.69 Å². The van der Waals surface area contributed by atoms with E-state index >= 15 is 0 Å². The second kappa shape index (κ2) is 4.79. The highest BCUT2D eigenvalue weighted by atomic mass is 16.5. The molecule has 0 aromatic carbocycles. The zero-order chi connectivity index (χ0) is 13.2. The van der Waals surface area contributed by atoms with E-state index in [1.165, 1.54) is 26.0 Å². The van der Waals surface area contributed by atoms with Gasteiger partial charge < -0.3 is 4.74 Å². The van der Waals surface area contributed by atoms with Crippen LogP contribution in [-0.4, -0.2) is 32.8 Å². The van der Waals surface area contributed by atoms with Crippen LogP contribution in [0.1, 0.15) is 23.3 Å². The maximum absolute atomic E-state index is 11.4. The highest BCUT2D eigenvalue weighted by molar-refractivity contribution is 5.87. The molecule has 98 valence electrons. The molecule has 2 heterocycles. The lowest BCUT2D eigenvalue weighted by Crippen LogP contribution is -2.05. The molecule has 1 aliphatic rings. The van der Waals surface area contributed by atoms with Gasteiger partial charge in [-0.1, -0.05) is 0 Å². The third-order valence-corrected chi connectivity index (χ3v) is 3.08. The molecule has 2 aromatic rings. The van der Waals surface area contributed by atoms with Gasteiger partial charge in [-0.2, -0.15) is 5.10 Å². The number of hydrogen-bond acceptors (Lipinski definition) is 5. The molecule has 0 saturated heterocycles. The first-order valence-electron chi connectivity index (χ1n) is 6.20. The number of esters is 1. The lowest BCUT2D eigenvalue weighted by atomic mass is 10.3. The Labute approximate surface area is 110 Å². The predicted octanol–water partition coefficient (Wildman–Crippen LogP) is 1.54. The monoisotopic (exact) mass is 258 g/mol. The van der Waals surface area contributed by atoms with Crippen LogP contribution in [0, 0.1) is 5.92 Å². The molecule has 0 bridgehead atoms. The Hall–Kier alpha value is -2.24. The van der Waals surface area contributed by atoms with Gasteiger partial charge in [-0.25, -0.2) is 14.8 Å². The third kappa shape index (κ3) is 2.62. The molecule has 19 heavy (non-hydrogen) atoms. The lowest BCUT2D eigenvalue weighted by Gasteiger charge is -2.00. The fourth-order valence-corrected chi connectivity index (χ4v) is 1.86. The molecule has 0 aliphatic heterocycles. The molecule has 0 spiro atoms. The van der Waals surface area contributed by atoms with Crippen LogP contribution < -0.4 is 0 Å². The Bertz CT molecular complexity index is 604. The van der Waals surface area contributed by atoms with Gasteiger partial charge >= 0.3 is 5.97 Å². The number of ether oxygens (including phenoxy) is 1. The van der Waals surface area contributed by atoms with Crippen LogP contribution in [0.25, 0.3) is 11.4 Å². The summed E-state index contributed by atoms with van der Waals surface area (Å²) in [4.78, 5) is 19.8. The topological polar surface area (TPSA) is 69.9 Å². The van der Waals surface area contributed by atoms with Crippen molar-refractivity contribution >= 4 is 5.97 Å². The minimum Gasteiger partial charge on any atom is -0.464 e. The van der Waals surface area contributed by atoms with E-state index in [2.05, 4.69) is 19.8 Å². The van der Waals surface area contributed by atoms with Gasteiger partial charge in [0.2, 0.25) is 0 Å². The first-order chi connectivity index (χ1) is 9.26. The molecule has 6 nitrogen and oxygen atoms in total. The van der Waals surface area contributed by atoms with E-state index in [0.717, 1.165) is 18.0 Å². The summed E-state index contributed by atoms with van der Waals surface area (Å²) in [6, 6.07) is 1.53. The smallest absolute Gasteiger partial charge is 0.356 e. The van der Waals surface area contributed by atoms with E-state index in [9.17, 15) is 4.79 Å². The average Bonchev–Trinajstić information content (AvgIpc) is 3.13. The number of carbonyl (C=O) groups excluding carboxylic acids is 1. The van der Waals surface area contributed by atoms with Gasteiger partial charge in [0, 0.05) is 18.9 Å². The molecule has 1 aliphatic carbocycles. The van der Waals surface area contributed by atoms with Crippen molar-refractivity contribution in [3.8, 4) is 11.4 Å². The first-order valence-corrected chi connectivity index (χ1v) is 6.20. The van der Waals surface area contributed by atoms with Crippen molar-refractivity contribution in [2.45, 2.75) is 19.4 Å². The summed E-state index contributed by atoms with van der Waals surface area (Å²) in [7, 11) is 1.33. The number of hydrogen-bond donors (Lipinski definition) is 0. The summed E-state index contributed by atoms with van der Waals surface area (Å²) < 4.78 is 6.55. The SMILES string of the molecule is COC(=O)c1ccnc(-c2cnn(CC3CC3)c2)n1. The third-order valence-electron chi connectivity index (χ3n) is 3.08. The molecule has 6 heteroatoms. The molecule has 3 rings (SSSR count). The predicted molar refractivity (Wildman–Crippen MR) is 67.3 cm³/mol. The van der Waals surface area contributed by atoms with Gasteiger partial charge in [0.25, 0.3) is 0 Å². The van der Waals surface area contributed by atoms with Crippen molar-refractivity contribution in [2.24, 2.45) is 5.92 Å². The second-order valence-corrected chi connectivity index (χ2v) is 4.65. The summed E-state index contributed by atoms with van der Waals surface area (Å²) in [6.07, 6.45) is 7.74. The average molecular weight is 258 g/mol. The van der Waals surface area contributed by atoms with Crippen molar-refractivity contribution in [2.75, 3.05) is 7.11 Å². The minimum absolute atomic E-state index is 0.252. The molecule has 1 fully saturated rings. The number of rotatable bonds is 4. The van der Waals surface area contributed by atoms with Gasteiger partial charge in [0.1, 0.15) is 0 Å². The minimum atomic E-state index is -0.464. The van der Waals surface area contributed by atoms with Crippen molar-refractivity contribution in [1.29, 1.82) is 0 Å². The van der Waals surface area contributed by atoms with Crippen LogP contribution in [0.5, 0.6) is 0 Å². The van der Waals surface area contributed by atoms with Crippen LogP contribution >= 0.6 is 0 Å². The van der Waals surface area contributed by atoms with Crippen LogP contribution in [0.2, 0.25) is 0 Å². The van der Waals surface area contributed by atoms with Crippen molar-refractivity contribution < 1.29 is 9.53 Å². The zero-order valence-electron chi connectivity index (χ0n) is 10.6. The summed E-state index contributed by atoms with van der Waals surface area (Å²) in [5.74, 6) is 0.786. The largest absolute Gasteiger partial charge is 0.464 e. The number of carbonyl (C=O) groups is 1. The van der Waals surface area contributed by atoms with Crippen LogP contribution in [-0.2, 0) is 11.3 Å². The summed E-state index contributed by atoms with van der Waals surface area (Å²) >= 11 is 0. The number of methoxy groups -OCH3 is 1. The number of nitrogens with zero attached hydrogens (tertiary/aromatic N) is 4.